The molecule has 0 saturated carbocycles. The monoisotopic (exact) mass is 282 g/mol. The first-order chi connectivity index (χ1) is 8.89. The number of benzene rings is 1. The Bertz CT molecular complexity index is 508. The second-order valence-electron chi connectivity index (χ2n) is 4.91. The van der Waals surface area contributed by atoms with Gasteiger partial charge < -0.3 is 15.3 Å². The van der Waals surface area contributed by atoms with Crippen molar-refractivity contribution in [3.8, 4) is 0 Å². The van der Waals surface area contributed by atoms with E-state index in [4.69, 9.17) is 11.6 Å². The first-order valence-electron chi connectivity index (χ1n) is 5.92. The van der Waals surface area contributed by atoms with Crippen LogP contribution in [0.25, 0.3) is 0 Å². The lowest BCUT2D eigenvalue weighted by atomic mass is 9.97. The molecule has 0 spiro atoms. The number of β-amino-alcohol motifs (C(OH)–C–C–N with tert-alkyl or cyclic N) is 1. The predicted octanol–water partition coefficient (Wildman–Crippen LogP) is 0.663. The molecule has 0 atom stereocenters. The van der Waals surface area contributed by atoms with Crippen LogP contribution in [0, 0.1) is 0 Å². The van der Waals surface area contributed by atoms with Gasteiger partial charge in [0.25, 0.3) is 5.91 Å². The van der Waals surface area contributed by atoms with Gasteiger partial charge in [0.15, 0.2) is 0 Å². The van der Waals surface area contributed by atoms with Crippen molar-refractivity contribution in [2.24, 2.45) is 0 Å². The van der Waals surface area contributed by atoms with Crippen molar-refractivity contribution in [3.05, 3.63) is 34.9 Å². The average Bonchev–Trinajstić information content (AvgIpc) is 2.33. The van der Waals surface area contributed by atoms with E-state index >= 15 is 0 Å². The van der Waals surface area contributed by atoms with Crippen molar-refractivity contribution in [1.29, 1.82) is 0 Å². The van der Waals surface area contributed by atoms with Crippen molar-refractivity contribution < 1.29 is 14.7 Å². The van der Waals surface area contributed by atoms with E-state index in [2.05, 4.69) is 5.32 Å². The largest absolute Gasteiger partial charge is 0.386 e. The van der Waals surface area contributed by atoms with Gasteiger partial charge >= 0.3 is 0 Å². The van der Waals surface area contributed by atoms with E-state index in [0.29, 0.717) is 23.7 Å². The van der Waals surface area contributed by atoms with Crippen LogP contribution in [0.3, 0.4) is 0 Å². The quantitative estimate of drug-likeness (QED) is 0.856. The van der Waals surface area contributed by atoms with E-state index in [1.54, 1.807) is 31.2 Å². The van der Waals surface area contributed by atoms with Crippen LogP contribution in [-0.2, 0) is 4.79 Å². The number of carbonyl (C=O) groups is 2. The van der Waals surface area contributed by atoms with Crippen molar-refractivity contribution in [2.75, 3.05) is 19.6 Å². The van der Waals surface area contributed by atoms with Gasteiger partial charge in [-0.15, -0.1) is 0 Å². The fraction of sp³-hybridized carbons (Fsp3) is 0.385. The molecule has 102 valence electrons. The molecule has 2 amide bonds. The number of amides is 2. The summed E-state index contributed by atoms with van der Waals surface area (Å²) in [6, 6.07) is 6.64. The summed E-state index contributed by atoms with van der Waals surface area (Å²) in [5.74, 6) is -0.599. The molecule has 1 fully saturated rings. The first kappa shape index (κ1) is 13.8. The summed E-state index contributed by atoms with van der Waals surface area (Å²) in [5, 5.41) is 12.4. The van der Waals surface area contributed by atoms with E-state index in [9.17, 15) is 14.7 Å². The second kappa shape index (κ2) is 5.19. The van der Waals surface area contributed by atoms with Crippen LogP contribution < -0.4 is 5.32 Å². The summed E-state index contributed by atoms with van der Waals surface area (Å²) >= 11 is 5.88. The van der Waals surface area contributed by atoms with Gasteiger partial charge in [0, 0.05) is 0 Å². The summed E-state index contributed by atoms with van der Waals surface area (Å²) in [6.45, 7) is 2.17. The summed E-state index contributed by atoms with van der Waals surface area (Å²) < 4.78 is 0. The first-order valence-corrected chi connectivity index (χ1v) is 6.30. The standard InChI is InChI=1S/C13H15ClN2O3/c1-13(19)7-16(8-13)11(17)6-15-12(18)9-4-2-3-5-10(9)14/h2-5,19H,6-8H2,1H3,(H,15,18). The Balaban J connectivity index is 1.85. The highest BCUT2D eigenvalue weighted by Gasteiger charge is 2.39. The fourth-order valence-electron chi connectivity index (χ4n) is 1.96. The van der Waals surface area contributed by atoms with E-state index in [1.807, 2.05) is 0 Å². The number of hydrogen-bond acceptors (Lipinski definition) is 3. The second-order valence-corrected chi connectivity index (χ2v) is 5.32. The fourth-order valence-corrected chi connectivity index (χ4v) is 2.18. The van der Waals surface area contributed by atoms with Gasteiger partial charge in [-0.25, -0.2) is 0 Å². The molecule has 2 N–H and O–H groups in total. The molecule has 1 aliphatic heterocycles. The number of likely N-dealkylation sites (tertiary alicyclic amines) is 1. The van der Waals surface area contributed by atoms with Crippen molar-refractivity contribution >= 4 is 23.4 Å². The number of rotatable bonds is 3. The third-order valence-corrected chi connectivity index (χ3v) is 3.26. The number of aliphatic hydroxyl groups is 1. The maximum Gasteiger partial charge on any atom is 0.253 e. The van der Waals surface area contributed by atoms with Crippen LogP contribution in [-0.4, -0.2) is 47.1 Å². The minimum atomic E-state index is -0.803. The Kier molecular flexibility index (Phi) is 3.78. The molecule has 0 radical (unpaired) electrons. The zero-order valence-corrected chi connectivity index (χ0v) is 11.3. The van der Waals surface area contributed by atoms with Crippen LogP contribution in [0.4, 0.5) is 0 Å². The molecule has 1 aromatic rings. The van der Waals surface area contributed by atoms with Crippen LogP contribution in [0.5, 0.6) is 0 Å². The molecular formula is C13H15ClN2O3. The van der Waals surface area contributed by atoms with Gasteiger partial charge in [-0.1, -0.05) is 23.7 Å². The molecule has 1 saturated heterocycles. The Hall–Kier alpha value is -1.59. The van der Waals surface area contributed by atoms with Crippen LogP contribution in [0.15, 0.2) is 24.3 Å². The van der Waals surface area contributed by atoms with Crippen LogP contribution >= 0.6 is 11.6 Å². The summed E-state index contributed by atoms with van der Waals surface area (Å²) in [7, 11) is 0. The highest BCUT2D eigenvalue weighted by Crippen LogP contribution is 2.19. The number of halogens is 1. The van der Waals surface area contributed by atoms with Gasteiger partial charge in [0.2, 0.25) is 5.91 Å². The lowest BCUT2D eigenvalue weighted by Gasteiger charge is -2.44. The van der Waals surface area contributed by atoms with E-state index < -0.39 is 5.60 Å². The number of hydrogen-bond donors (Lipinski definition) is 2. The molecular weight excluding hydrogens is 268 g/mol. The molecule has 1 aliphatic rings. The molecule has 0 aromatic heterocycles. The molecule has 0 unspecified atom stereocenters. The topological polar surface area (TPSA) is 69.6 Å². The van der Waals surface area contributed by atoms with Gasteiger partial charge in [-0.05, 0) is 19.1 Å². The van der Waals surface area contributed by atoms with Crippen molar-refractivity contribution in [3.63, 3.8) is 0 Å². The highest BCUT2D eigenvalue weighted by molar-refractivity contribution is 6.33. The molecule has 0 bridgehead atoms. The van der Waals surface area contributed by atoms with Gasteiger partial charge in [0.1, 0.15) is 0 Å². The Morgan fingerprint density at radius 1 is 1.42 bits per heavy atom. The molecule has 5 nitrogen and oxygen atoms in total. The molecule has 6 heteroatoms. The number of nitrogens with zero attached hydrogens (tertiary/aromatic N) is 1. The zero-order valence-electron chi connectivity index (χ0n) is 10.5. The minimum absolute atomic E-state index is 0.0971. The zero-order chi connectivity index (χ0) is 14.0. The normalized spacial score (nSPS) is 16.7. The van der Waals surface area contributed by atoms with Gasteiger partial charge in [0.05, 0.1) is 35.8 Å². The van der Waals surface area contributed by atoms with Gasteiger partial charge in [-0.2, -0.15) is 0 Å². The predicted molar refractivity (Wildman–Crippen MR) is 71.0 cm³/mol. The van der Waals surface area contributed by atoms with E-state index in [0.717, 1.165) is 0 Å². The Morgan fingerprint density at radius 2 is 2.05 bits per heavy atom. The van der Waals surface area contributed by atoms with Crippen molar-refractivity contribution in [1.82, 2.24) is 10.2 Å². The third kappa shape index (κ3) is 3.24. The Morgan fingerprint density at radius 3 is 2.63 bits per heavy atom. The minimum Gasteiger partial charge on any atom is -0.386 e. The molecule has 0 aliphatic carbocycles. The molecule has 19 heavy (non-hydrogen) atoms. The lowest BCUT2D eigenvalue weighted by molar-refractivity contribution is -0.151. The van der Waals surface area contributed by atoms with E-state index in [1.165, 1.54) is 4.90 Å². The Labute approximate surface area is 116 Å². The maximum absolute atomic E-state index is 11.8. The maximum atomic E-state index is 11.8. The van der Waals surface area contributed by atoms with E-state index in [-0.39, 0.29) is 18.4 Å². The SMILES string of the molecule is CC1(O)CN(C(=O)CNC(=O)c2ccccc2Cl)C1. The molecule has 1 heterocycles. The molecule has 1 aromatic carbocycles. The summed E-state index contributed by atoms with van der Waals surface area (Å²) in [5.41, 5.74) is -0.463. The number of carbonyl (C=O) groups excluding carboxylic acids is 2. The number of nitrogens with one attached hydrogen (secondary N) is 1. The average molecular weight is 283 g/mol. The van der Waals surface area contributed by atoms with Crippen LogP contribution in [0.1, 0.15) is 17.3 Å². The summed E-state index contributed by atoms with van der Waals surface area (Å²) in [6.07, 6.45) is 0. The third-order valence-electron chi connectivity index (χ3n) is 2.93. The summed E-state index contributed by atoms with van der Waals surface area (Å²) in [4.78, 5) is 25.0. The molecule has 2 rings (SSSR count). The smallest absolute Gasteiger partial charge is 0.253 e. The van der Waals surface area contributed by atoms with Crippen molar-refractivity contribution in [2.45, 2.75) is 12.5 Å². The van der Waals surface area contributed by atoms with Gasteiger partial charge in [-0.3, -0.25) is 9.59 Å². The lowest BCUT2D eigenvalue weighted by Crippen LogP contribution is -2.63. The van der Waals surface area contributed by atoms with Crippen LogP contribution in [0.2, 0.25) is 5.02 Å². The highest BCUT2D eigenvalue weighted by atomic mass is 35.5.